The number of nitrogens with one attached hydrogen (secondary N) is 1. The summed E-state index contributed by atoms with van der Waals surface area (Å²) in [4.78, 5) is 14.8. The standard InChI is InChI=1S/C20H16N4O2S/c1-2-14-3-5-15(6-4-14)19-13-27-20(23-19)16(11-21)12-22-17-7-9-18(10-8-17)24(25)26/h3-10,12-13,22H,2H2,1H3. The number of anilines is 1. The van der Waals surface area contributed by atoms with Crippen LogP contribution < -0.4 is 5.32 Å². The Morgan fingerprint density at radius 1 is 1.26 bits per heavy atom. The molecule has 1 aromatic heterocycles. The first-order valence-electron chi connectivity index (χ1n) is 8.27. The fraction of sp³-hybridized carbons (Fsp3) is 0.100. The molecule has 1 N–H and O–H groups in total. The third kappa shape index (κ3) is 4.37. The van der Waals surface area contributed by atoms with Crippen LogP contribution in [0, 0.1) is 21.4 Å². The Morgan fingerprint density at radius 2 is 1.96 bits per heavy atom. The molecular weight excluding hydrogens is 360 g/mol. The second-order valence-corrected chi connectivity index (χ2v) is 6.56. The van der Waals surface area contributed by atoms with Crippen LogP contribution in [0.25, 0.3) is 16.8 Å². The number of aromatic nitrogens is 1. The molecule has 0 aliphatic carbocycles. The van der Waals surface area contributed by atoms with Gasteiger partial charge in [-0.3, -0.25) is 10.1 Å². The Hall–Kier alpha value is -3.50. The van der Waals surface area contributed by atoms with Crippen molar-refractivity contribution in [3.63, 3.8) is 0 Å². The first kappa shape index (κ1) is 18.3. The van der Waals surface area contributed by atoms with Gasteiger partial charge < -0.3 is 5.32 Å². The largest absolute Gasteiger partial charge is 0.360 e. The van der Waals surface area contributed by atoms with Gasteiger partial charge in [0.2, 0.25) is 0 Å². The SMILES string of the molecule is CCc1ccc(-c2csc(C(C#N)=CNc3ccc([N+](=O)[O-])cc3)n2)cc1. The molecule has 0 aliphatic heterocycles. The molecule has 0 saturated heterocycles. The average Bonchev–Trinajstić information content (AvgIpc) is 3.19. The van der Waals surface area contributed by atoms with E-state index < -0.39 is 4.92 Å². The van der Waals surface area contributed by atoms with Crippen molar-refractivity contribution < 1.29 is 4.92 Å². The topological polar surface area (TPSA) is 91.8 Å². The molecule has 3 rings (SSSR count). The third-order valence-corrected chi connectivity index (χ3v) is 4.85. The summed E-state index contributed by atoms with van der Waals surface area (Å²) in [5.74, 6) is 0. The number of benzene rings is 2. The van der Waals surface area contributed by atoms with E-state index in [1.54, 1.807) is 18.3 Å². The maximum atomic E-state index is 10.7. The molecule has 0 saturated carbocycles. The number of allylic oxidation sites excluding steroid dienone is 1. The lowest BCUT2D eigenvalue weighted by molar-refractivity contribution is -0.384. The first-order chi connectivity index (χ1) is 13.1. The van der Waals surface area contributed by atoms with Crippen molar-refractivity contribution >= 4 is 28.3 Å². The number of nitro groups is 1. The van der Waals surface area contributed by atoms with E-state index in [0.29, 0.717) is 16.3 Å². The molecule has 0 spiro atoms. The molecule has 6 nitrogen and oxygen atoms in total. The minimum Gasteiger partial charge on any atom is -0.360 e. The predicted octanol–water partition coefficient (Wildman–Crippen LogP) is 5.26. The molecule has 0 bridgehead atoms. The number of nitro benzene ring substituents is 1. The summed E-state index contributed by atoms with van der Waals surface area (Å²) in [5, 5.41) is 25.6. The van der Waals surface area contributed by atoms with E-state index in [4.69, 9.17) is 0 Å². The van der Waals surface area contributed by atoms with E-state index in [-0.39, 0.29) is 5.69 Å². The highest BCUT2D eigenvalue weighted by Crippen LogP contribution is 2.26. The molecule has 0 fully saturated rings. The van der Waals surface area contributed by atoms with Gasteiger partial charge in [0, 0.05) is 35.0 Å². The Labute approximate surface area is 160 Å². The van der Waals surface area contributed by atoms with E-state index in [1.807, 2.05) is 17.5 Å². The zero-order valence-corrected chi connectivity index (χ0v) is 15.4. The molecule has 1 heterocycles. The Kier molecular flexibility index (Phi) is 5.59. The molecule has 0 atom stereocenters. The van der Waals surface area contributed by atoms with Gasteiger partial charge in [-0.1, -0.05) is 31.2 Å². The molecule has 3 aromatic rings. The summed E-state index contributed by atoms with van der Waals surface area (Å²) in [6.45, 7) is 2.11. The van der Waals surface area contributed by atoms with Gasteiger partial charge in [-0.15, -0.1) is 11.3 Å². The summed E-state index contributed by atoms with van der Waals surface area (Å²) < 4.78 is 0. The van der Waals surface area contributed by atoms with E-state index in [9.17, 15) is 15.4 Å². The zero-order valence-electron chi connectivity index (χ0n) is 14.5. The molecule has 7 heteroatoms. The number of thiazole rings is 1. The second kappa shape index (κ2) is 8.25. The molecule has 0 amide bonds. The minimum absolute atomic E-state index is 0.0173. The first-order valence-corrected chi connectivity index (χ1v) is 9.15. The smallest absolute Gasteiger partial charge is 0.269 e. The highest BCUT2D eigenvalue weighted by atomic mass is 32.1. The molecular formula is C20H16N4O2S. The molecule has 0 radical (unpaired) electrons. The van der Waals surface area contributed by atoms with Crippen LogP contribution in [0.5, 0.6) is 0 Å². The van der Waals surface area contributed by atoms with E-state index in [1.165, 1.54) is 29.0 Å². The third-order valence-electron chi connectivity index (χ3n) is 3.97. The average molecular weight is 376 g/mol. The normalized spacial score (nSPS) is 11.0. The predicted molar refractivity (Wildman–Crippen MR) is 107 cm³/mol. The van der Waals surface area contributed by atoms with Crippen LogP contribution in [-0.4, -0.2) is 9.91 Å². The van der Waals surface area contributed by atoms with Crippen LogP contribution in [0.1, 0.15) is 17.5 Å². The van der Waals surface area contributed by atoms with Gasteiger partial charge in [-0.25, -0.2) is 4.98 Å². The number of nitriles is 1. The van der Waals surface area contributed by atoms with Gasteiger partial charge in [-0.05, 0) is 24.1 Å². The number of hydrogen-bond acceptors (Lipinski definition) is 6. The van der Waals surface area contributed by atoms with Crippen molar-refractivity contribution in [2.45, 2.75) is 13.3 Å². The fourth-order valence-corrected chi connectivity index (χ4v) is 3.21. The molecule has 0 aliphatic rings. The van der Waals surface area contributed by atoms with E-state index in [2.05, 4.69) is 35.4 Å². The molecule has 0 unspecified atom stereocenters. The van der Waals surface area contributed by atoms with Gasteiger partial charge >= 0.3 is 0 Å². The summed E-state index contributed by atoms with van der Waals surface area (Å²) in [7, 11) is 0. The van der Waals surface area contributed by atoms with Gasteiger partial charge in [0.15, 0.2) is 0 Å². The molecule has 27 heavy (non-hydrogen) atoms. The maximum Gasteiger partial charge on any atom is 0.269 e. The second-order valence-electron chi connectivity index (χ2n) is 5.71. The summed E-state index contributed by atoms with van der Waals surface area (Å²) >= 11 is 1.40. The number of nitrogens with zero attached hydrogens (tertiary/aromatic N) is 3. The summed E-state index contributed by atoms with van der Waals surface area (Å²) in [6.07, 6.45) is 2.54. The molecule has 2 aromatic carbocycles. The highest BCUT2D eigenvalue weighted by Gasteiger charge is 2.09. The Balaban J connectivity index is 1.77. The zero-order chi connectivity index (χ0) is 19.2. The lowest BCUT2D eigenvalue weighted by atomic mass is 10.1. The van der Waals surface area contributed by atoms with Crippen molar-refractivity contribution in [1.29, 1.82) is 5.26 Å². The lowest BCUT2D eigenvalue weighted by Crippen LogP contribution is -1.92. The lowest BCUT2D eigenvalue weighted by Gasteiger charge is -2.01. The van der Waals surface area contributed by atoms with Crippen molar-refractivity contribution in [1.82, 2.24) is 4.98 Å². The quantitative estimate of drug-likeness (QED) is 0.360. The van der Waals surface area contributed by atoms with Gasteiger partial charge in [0.25, 0.3) is 5.69 Å². The van der Waals surface area contributed by atoms with Crippen LogP contribution in [0.4, 0.5) is 11.4 Å². The van der Waals surface area contributed by atoms with Crippen molar-refractivity contribution in [2.24, 2.45) is 0 Å². The van der Waals surface area contributed by atoms with E-state index in [0.717, 1.165) is 17.7 Å². The van der Waals surface area contributed by atoms with Gasteiger partial charge in [0.05, 0.1) is 10.6 Å². The van der Waals surface area contributed by atoms with Crippen LogP contribution in [0.2, 0.25) is 0 Å². The monoisotopic (exact) mass is 376 g/mol. The van der Waals surface area contributed by atoms with Crippen molar-refractivity contribution in [3.05, 3.63) is 80.8 Å². The van der Waals surface area contributed by atoms with Crippen molar-refractivity contribution in [2.75, 3.05) is 5.32 Å². The van der Waals surface area contributed by atoms with Crippen LogP contribution in [0.15, 0.2) is 60.1 Å². The summed E-state index contributed by atoms with van der Waals surface area (Å²) in [5.41, 5.74) is 4.17. The number of rotatable bonds is 6. The fourth-order valence-electron chi connectivity index (χ4n) is 2.42. The van der Waals surface area contributed by atoms with Crippen LogP contribution >= 0.6 is 11.3 Å². The van der Waals surface area contributed by atoms with Crippen LogP contribution in [0.3, 0.4) is 0 Å². The van der Waals surface area contributed by atoms with Gasteiger partial charge in [0.1, 0.15) is 16.6 Å². The maximum absolute atomic E-state index is 10.7. The van der Waals surface area contributed by atoms with Crippen molar-refractivity contribution in [3.8, 4) is 17.3 Å². The van der Waals surface area contributed by atoms with Gasteiger partial charge in [-0.2, -0.15) is 5.26 Å². The number of hydrogen-bond donors (Lipinski definition) is 1. The highest BCUT2D eigenvalue weighted by molar-refractivity contribution is 7.11. The Morgan fingerprint density at radius 3 is 2.56 bits per heavy atom. The minimum atomic E-state index is -0.454. The summed E-state index contributed by atoms with van der Waals surface area (Å²) in [6, 6.07) is 16.3. The number of aryl methyl sites for hydroxylation is 1. The molecule has 134 valence electrons. The number of non-ortho nitro benzene ring substituents is 1. The Bertz CT molecular complexity index is 1020. The van der Waals surface area contributed by atoms with E-state index >= 15 is 0 Å². The van der Waals surface area contributed by atoms with Crippen LogP contribution in [-0.2, 0) is 6.42 Å².